The molecule has 0 unspecified atom stereocenters. The third-order valence-corrected chi connectivity index (χ3v) is 5.31. The Morgan fingerprint density at radius 2 is 2.04 bits per heavy atom. The highest BCUT2D eigenvalue weighted by molar-refractivity contribution is 7.20. The lowest BCUT2D eigenvalue weighted by atomic mass is 10.3. The van der Waals surface area contributed by atoms with Crippen molar-refractivity contribution < 1.29 is 9.53 Å². The number of aryl methyl sites for hydroxylation is 1. The zero-order valence-corrected chi connectivity index (χ0v) is 15.4. The van der Waals surface area contributed by atoms with Gasteiger partial charge in [-0.05, 0) is 37.3 Å². The Bertz CT molecular complexity index is 1090. The number of pyridine rings is 1. The van der Waals surface area contributed by atoms with Gasteiger partial charge in [0, 0.05) is 11.6 Å². The van der Waals surface area contributed by atoms with Gasteiger partial charge in [-0.25, -0.2) is 9.48 Å². The van der Waals surface area contributed by atoms with Crippen LogP contribution in [0.2, 0.25) is 5.02 Å². The van der Waals surface area contributed by atoms with Crippen LogP contribution in [0.4, 0.5) is 0 Å². The lowest BCUT2D eigenvalue weighted by Crippen LogP contribution is -2.04. The first-order chi connectivity index (χ1) is 12.6. The van der Waals surface area contributed by atoms with Crippen molar-refractivity contribution in [2.45, 2.75) is 13.5 Å². The first-order valence-electron chi connectivity index (χ1n) is 7.94. The van der Waals surface area contributed by atoms with Gasteiger partial charge in [0.2, 0.25) is 0 Å². The van der Waals surface area contributed by atoms with Gasteiger partial charge < -0.3 is 4.74 Å². The molecule has 7 heteroatoms. The zero-order chi connectivity index (χ0) is 18.1. The standard InChI is InChI=1S/C19H14ClN3O2S/c1-12-14-10-17(19(24)25-11-13-6-4-5-9-21-13)26-18(14)23(22-12)16-8-3-2-7-15(16)20/h2-10H,11H2,1H3. The Hall–Kier alpha value is -2.70. The molecule has 5 nitrogen and oxygen atoms in total. The molecule has 0 N–H and O–H groups in total. The van der Waals surface area contributed by atoms with E-state index in [0.29, 0.717) is 15.6 Å². The monoisotopic (exact) mass is 383 g/mol. The molecule has 0 aliphatic heterocycles. The first kappa shape index (κ1) is 16.8. The van der Waals surface area contributed by atoms with E-state index in [4.69, 9.17) is 16.3 Å². The van der Waals surface area contributed by atoms with E-state index in [-0.39, 0.29) is 12.6 Å². The highest BCUT2D eigenvalue weighted by atomic mass is 35.5. The molecule has 0 bridgehead atoms. The summed E-state index contributed by atoms with van der Waals surface area (Å²) >= 11 is 7.64. The van der Waals surface area contributed by atoms with Crippen LogP contribution in [0, 0.1) is 6.92 Å². The minimum absolute atomic E-state index is 0.142. The van der Waals surface area contributed by atoms with Crippen molar-refractivity contribution in [1.29, 1.82) is 0 Å². The van der Waals surface area contributed by atoms with Gasteiger partial charge in [0.15, 0.2) is 0 Å². The number of aromatic nitrogens is 3. The molecule has 26 heavy (non-hydrogen) atoms. The van der Waals surface area contributed by atoms with Crippen LogP contribution in [-0.2, 0) is 11.3 Å². The maximum atomic E-state index is 12.4. The van der Waals surface area contributed by atoms with Gasteiger partial charge in [0.1, 0.15) is 16.3 Å². The maximum absolute atomic E-state index is 12.4. The number of para-hydroxylation sites is 1. The van der Waals surface area contributed by atoms with Crippen LogP contribution in [0.3, 0.4) is 0 Å². The average molecular weight is 384 g/mol. The summed E-state index contributed by atoms with van der Waals surface area (Å²) in [6.07, 6.45) is 1.67. The quantitative estimate of drug-likeness (QED) is 0.475. The van der Waals surface area contributed by atoms with Crippen molar-refractivity contribution in [2.75, 3.05) is 0 Å². The third kappa shape index (κ3) is 3.09. The molecule has 0 fully saturated rings. The summed E-state index contributed by atoms with van der Waals surface area (Å²) in [4.78, 5) is 18.0. The van der Waals surface area contributed by atoms with E-state index in [1.165, 1.54) is 11.3 Å². The van der Waals surface area contributed by atoms with Gasteiger partial charge in [-0.15, -0.1) is 11.3 Å². The van der Waals surface area contributed by atoms with Crippen LogP contribution in [0.1, 0.15) is 21.1 Å². The van der Waals surface area contributed by atoms with E-state index >= 15 is 0 Å². The molecule has 4 aromatic rings. The summed E-state index contributed by atoms with van der Waals surface area (Å²) < 4.78 is 7.15. The fourth-order valence-corrected chi connectivity index (χ4v) is 3.91. The first-order valence-corrected chi connectivity index (χ1v) is 9.14. The number of carbonyl (C=O) groups is 1. The molecule has 0 amide bonds. The SMILES string of the molecule is Cc1nn(-c2ccccc2Cl)c2sc(C(=O)OCc3ccccn3)cc12. The Morgan fingerprint density at radius 1 is 1.23 bits per heavy atom. The van der Waals surface area contributed by atoms with Crippen LogP contribution in [-0.4, -0.2) is 20.7 Å². The Labute approximate surface area is 158 Å². The average Bonchev–Trinajstić information content (AvgIpc) is 3.22. The molecule has 3 heterocycles. The number of ether oxygens (including phenoxy) is 1. The number of rotatable bonds is 4. The molecular weight excluding hydrogens is 370 g/mol. The van der Waals surface area contributed by atoms with Crippen LogP contribution in [0.15, 0.2) is 54.7 Å². The fraction of sp³-hybridized carbons (Fsp3) is 0.105. The van der Waals surface area contributed by atoms with Crippen LogP contribution >= 0.6 is 22.9 Å². The molecule has 1 aromatic carbocycles. The van der Waals surface area contributed by atoms with Gasteiger partial charge in [-0.3, -0.25) is 4.98 Å². The molecule has 0 aliphatic rings. The van der Waals surface area contributed by atoms with E-state index in [1.54, 1.807) is 10.9 Å². The molecule has 4 rings (SSSR count). The summed E-state index contributed by atoms with van der Waals surface area (Å²) in [5.41, 5.74) is 2.32. The number of hydrogen-bond donors (Lipinski definition) is 0. The normalized spacial score (nSPS) is 11.0. The summed E-state index contributed by atoms with van der Waals surface area (Å²) in [6.45, 7) is 2.05. The minimum Gasteiger partial charge on any atom is -0.455 e. The lowest BCUT2D eigenvalue weighted by Gasteiger charge is -2.04. The van der Waals surface area contributed by atoms with Gasteiger partial charge in [0.05, 0.1) is 22.1 Å². The molecule has 0 atom stereocenters. The summed E-state index contributed by atoms with van der Waals surface area (Å²) in [7, 11) is 0. The highest BCUT2D eigenvalue weighted by Gasteiger charge is 2.19. The summed E-state index contributed by atoms with van der Waals surface area (Å²) in [6, 6.07) is 14.8. The zero-order valence-electron chi connectivity index (χ0n) is 13.8. The Morgan fingerprint density at radius 3 is 2.81 bits per heavy atom. The minimum atomic E-state index is -0.373. The number of thiophene rings is 1. The predicted molar refractivity (Wildman–Crippen MR) is 102 cm³/mol. The van der Waals surface area contributed by atoms with Crippen molar-refractivity contribution in [1.82, 2.24) is 14.8 Å². The molecule has 0 spiro atoms. The fourth-order valence-electron chi connectivity index (χ4n) is 2.63. The maximum Gasteiger partial charge on any atom is 0.348 e. The van der Waals surface area contributed by atoms with Crippen molar-refractivity contribution in [3.8, 4) is 5.69 Å². The Kier molecular flexibility index (Phi) is 4.44. The molecule has 130 valence electrons. The van der Waals surface area contributed by atoms with Gasteiger partial charge in [-0.1, -0.05) is 29.8 Å². The van der Waals surface area contributed by atoms with E-state index in [9.17, 15) is 4.79 Å². The van der Waals surface area contributed by atoms with Crippen molar-refractivity contribution >= 4 is 39.1 Å². The smallest absolute Gasteiger partial charge is 0.348 e. The molecule has 0 radical (unpaired) electrons. The van der Waals surface area contributed by atoms with Crippen LogP contribution in [0.5, 0.6) is 0 Å². The van der Waals surface area contributed by atoms with E-state index in [2.05, 4.69) is 10.1 Å². The second kappa shape index (κ2) is 6.90. The van der Waals surface area contributed by atoms with Crippen molar-refractivity contribution in [3.05, 3.63) is 76.0 Å². The second-order valence-electron chi connectivity index (χ2n) is 5.68. The van der Waals surface area contributed by atoms with E-state index in [1.807, 2.05) is 55.5 Å². The molecular formula is C19H14ClN3O2S. The molecule has 0 saturated heterocycles. The van der Waals surface area contributed by atoms with E-state index < -0.39 is 0 Å². The van der Waals surface area contributed by atoms with Crippen molar-refractivity contribution in [3.63, 3.8) is 0 Å². The lowest BCUT2D eigenvalue weighted by molar-refractivity contribution is 0.0473. The molecule has 3 aromatic heterocycles. The third-order valence-electron chi connectivity index (χ3n) is 3.90. The Balaban J connectivity index is 1.65. The number of fused-ring (bicyclic) bond motifs is 1. The second-order valence-corrected chi connectivity index (χ2v) is 7.11. The summed E-state index contributed by atoms with van der Waals surface area (Å²) in [5.74, 6) is -0.373. The van der Waals surface area contributed by atoms with Gasteiger partial charge in [-0.2, -0.15) is 5.10 Å². The summed E-state index contributed by atoms with van der Waals surface area (Å²) in [5, 5.41) is 6.07. The highest BCUT2D eigenvalue weighted by Crippen LogP contribution is 2.32. The van der Waals surface area contributed by atoms with Crippen LogP contribution < -0.4 is 0 Å². The van der Waals surface area contributed by atoms with Crippen molar-refractivity contribution in [2.24, 2.45) is 0 Å². The number of halogens is 1. The van der Waals surface area contributed by atoms with E-state index in [0.717, 1.165) is 21.6 Å². The molecule has 0 saturated carbocycles. The van der Waals surface area contributed by atoms with Gasteiger partial charge in [0.25, 0.3) is 0 Å². The predicted octanol–water partition coefficient (Wildman–Crippen LogP) is 4.80. The topological polar surface area (TPSA) is 57.0 Å². The number of nitrogens with zero attached hydrogens (tertiary/aromatic N) is 3. The number of esters is 1. The van der Waals surface area contributed by atoms with Gasteiger partial charge >= 0.3 is 5.97 Å². The molecule has 0 aliphatic carbocycles. The largest absolute Gasteiger partial charge is 0.455 e. The number of benzene rings is 1. The number of carbonyl (C=O) groups excluding carboxylic acids is 1. The van der Waals surface area contributed by atoms with Crippen LogP contribution in [0.25, 0.3) is 15.9 Å². The number of hydrogen-bond acceptors (Lipinski definition) is 5.